The number of nitrogens with one attached hydrogen (secondary N) is 1. The van der Waals surface area contributed by atoms with E-state index in [9.17, 15) is 0 Å². The lowest BCUT2D eigenvalue weighted by Gasteiger charge is -2.18. The average Bonchev–Trinajstić information content (AvgIpc) is 2.31. The second-order valence-electron chi connectivity index (χ2n) is 4.39. The Kier molecular flexibility index (Phi) is 3.97. The Labute approximate surface area is 112 Å². The van der Waals surface area contributed by atoms with Gasteiger partial charge >= 0.3 is 0 Å². The molecule has 0 aliphatic rings. The van der Waals surface area contributed by atoms with Crippen LogP contribution in [0, 0.1) is 13.8 Å². The van der Waals surface area contributed by atoms with Crippen LogP contribution >= 0.6 is 11.6 Å². The predicted molar refractivity (Wildman–Crippen MR) is 74.3 cm³/mol. The van der Waals surface area contributed by atoms with Crippen LogP contribution < -0.4 is 11.3 Å². The molecule has 0 aliphatic carbocycles. The van der Waals surface area contributed by atoms with Crippen molar-refractivity contribution in [2.75, 3.05) is 0 Å². The zero-order valence-corrected chi connectivity index (χ0v) is 11.2. The predicted octanol–water partition coefficient (Wildman–Crippen LogP) is 2.90. The summed E-state index contributed by atoms with van der Waals surface area (Å²) in [6, 6.07) is 9.72. The molecule has 1 aromatic carbocycles. The maximum Gasteiger partial charge on any atom is 0.0896 e. The number of benzene rings is 1. The molecule has 1 atom stereocenters. The molecule has 0 amide bonds. The summed E-state index contributed by atoms with van der Waals surface area (Å²) >= 11 is 6.17. The molecule has 2 aromatic rings. The first-order valence-electron chi connectivity index (χ1n) is 5.76. The first-order valence-corrected chi connectivity index (χ1v) is 6.14. The Bertz CT molecular complexity index is 534. The van der Waals surface area contributed by atoms with E-state index in [0.29, 0.717) is 5.02 Å². The molecule has 94 valence electrons. The minimum Gasteiger partial charge on any atom is -0.271 e. The molecule has 0 radical (unpaired) electrons. The highest BCUT2D eigenvalue weighted by Gasteiger charge is 2.17. The van der Waals surface area contributed by atoms with E-state index in [4.69, 9.17) is 17.4 Å². The SMILES string of the molecule is Cc1cc(C)cc(C(NN)c2ncccc2Cl)c1. The number of rotatable bonds is 3. The zero-order chi connectivity index (χ0) is 13.1. The average molecular weight is 262 g/mol. The highest BCUT2D eigenvalue weighted by molar-refractivity contribution is 6.31. The Morgan fingerprint density at radius 1 is 1.22 bits per heavy atom. The van der Waals surface area contributed by atoms with Crippen molar-refractivity contribution < 1.29 is 0 Å². The zero-order valence-electron chi connectivity index (χ0n) is 10.4. The maximum absolute atomic E-state index is 6.17. The molecule has 0 bridgehead atoms. The number of hydrogen-bond acceptors (Lipinski definition) is 3. The molecule has 18 heavy (non-hydrogen) atoms. The van der Waals surface area contributed by atoms with Crippen molar-refractivity contribution in [1.29, 1.82) is 0 Å². The molecule has 0 fully saturated rings. The van der Waals surface area contributed by atoms with E-state index in [1.165, 1.54) is 11.1 Å². The van der Waals surface area contributed by atoms with Gasteiger partial charge in [0.2, 0.25) is 0 Å². The van der Waals surface area contributed by atoms with Gasteiger partial charge in [0.25, 0.3) is 0 Å². The number of halogens is 1. The highest BCUT2D eigenvalue weighted by Crippen LogP contribution is 2.26. The van der Waals surface area contributed by atoms with Crippen molar-refractivity contribution in [3.63, 3.8) is 0 Å². The first-order chi connectivity index (χ1) is 8.61. The summed E-state index contributed by atoms with van der Waals surface area (Å²) in [5.74, 6) is 5.66. The van der Waals surface area contributed by atoms with Crippen LogP contribution in [0.1, 0.15) is 28.4 Å². The van der Waals surface area contributed by atoms with Gasteiger partial charge in [0.05, 0.1) is 16.8 Å². The van der Waals surface area contributed by atoms with Gasteiger partial charge in [0.1, 0.15) is 0 Å². The lowest BCUT2D eigenvalue weighted by molar-refractivity contribution is 0.620. The molecule has 0 saturated carbocycles. The van der Waals surface area contributed by atoms with Crippen LogP contribution in [0.4, 0.5) is 0 Å². The molecule has 0 saturated heterocycles. The van der Waals surface area contributed by atoms with Gasteiger partial charge < -0.3 is 0 Å². The molecule has 1 aromatic heterocycles. The van der Waals surface area contributed by atoms with Crippen molar-refractivity contribution in [2.45, 2.75) is 19.9 Å². The summed E-state index contributed by atoms with van der Waals surface area (Å²) in [5, 5.41) is 0.611. The minimum atomic E-state index is -0.197. The molecule has 1 heterocycles. The normalized spacial score (nSPS) is 12.4. The van der Waals surface area contributed by atoms with Crippen molar-refractivity contribution in [1.82, 2.24) is 10.4 Å². The van der Waals surface area contributed by atoms with Gasteiger partial charge in [-0.25, -0.2) is 5.43 Å². The van der Waals surface area contributed by atoms with Gasteiger partial charge in [-0.05, 0) is 31.5 Å². The van der Waals surface area contributed by atoms with E-state index in [1.807, 2.05) is 6.07 Å². The molecule has 4 heteroatoms. The van der Waals surface area contributed by atoms with Gasteiger partial charge in [0.15, 0.2) is 0 Å². The molecule has 0 aliphatic heterocycles. The van der Waals surface area contributed by atoms with Crippen LogP contribution in [0.5, 0.6) is 0 Å². The molecule has 1 unspecified atom stereocenters. The van der Waals surface area contributed by atoms with E-state index in [0.717, 1.165) is 11.3 Å². The van der Waals surface area contributed by atoms with Crippen molar-refractivity contribution in [3.05, 3.63) is 63.9 Å². The fraction of sp³-hybridized carbons (Fsp3) is 0.214. The monoisotopic (exact) mass is 261 g/mol. The third-order valence-corrected chi connectivity index (χ3v) is 3.12. The van der Waals surface area contributed by atoms with E-state index < -0.39 is 0 Å². The third-order valence-electron chi connectivity index (χ3n) is 2.80. The largest absolute Gasteiger partial charge is 0.271 e. The van der Waals surface area contributed by atoms with E-state index in [2.05, 4.69) is 42.5 Å². The van der Waals surface area contributed by atoms with Crippen LogP contribution in [-0.4, -0.2) is 4.98 Å². The van der Waals surface area contributed by atoms with Crippen LogP contribution in [0.3, 0.4) is 0 Å². The van der Waals surface area contributed by atoms with Gasteiger partial charge in [-0.1, -0.05) is 40.9 Å². The van der Waals surface area contributed by atoms with Crippen LogP contribution in [0.2, 0.25) is 5.02 Å². The summed E-state index contributed by atoms with van der Waals surface area (Å²) < 4.78 is 0. The number of hydrogen-bond donors (Lipinski definition) is 2. The Morgan fingerprint density at radius 3 is 2.44 bits per heavy atom. The maximum atomic E-state index is 6.17. The molecular weight excluding hydrogens is 246 g/mol. The van der Waals surface area contributed by atoms with Crippen molar-refractivity contribution >= 4 is 11.6 Å². The number of aryl methyl sites for hydroxylation is 2. The second-order valence-corrected chi connectivity index (χ2v) is 4.80. The Hall–Kier alpha value is -1.42. The summed E-state index contributed by atoms with van der Waals surface area (Å²) in [7, 11) is 0. The van der Waals surface area contributed by atoms with Crippen molar-refractivity contribution in [2.24, 2.45) is 5.84 Å². The number of aromatic nitrogens is 1. The van der Waals surface area contributed by atoms with Gasteiger partial charge in [-0.3, -0.25) is 10.8 Å². The molecule has 2 rings (SSSR count). The summed E-state index contributed by atoms with van der Waals surface area (Å²) in [6.07, 6.45) is 1.72. The first kappa shape index (κ1) is 13.0. The fourth-order valence-electron chi connectivity index (χ4n) is 2.12. The molecule has 0 spiro atoms. The number of nitrogens with two attached hydrogens (primary N) is 1. The van der Waals surface area contributed by atoms with E-state index in [-0.39, 0.29) is 6.04 Å². The van der Waals surface area contributed by atoms with E-state index >= 15 is 0 Å². The molecule has 3 N–H and O–H groups in total. The number of hydrazine groups is 1. The van der Waals surface area contributed by atoms with Crippen LogP contribution in [-0.2, 0) is 0 Å². The summed E-state index contributed by atoms with van der Waals surface area (Å²) in [4.78, 5) is 4.31. The minimum absolute atomic E-state index is 0.197. The Morgan fingerprint density at radius 2 is 1.89 bits per heavy atom. The summed E-state index contributed by atoms with van der Waals surface area (Å²) in [6.45, 7) is 4.12. The summed E-state index contributed by atoms with van der Waals surface area (Å²) in [5.41, 5.74) is 6.97. The molecule has 3 nitrogen and oxygen atoms in total. The van der Waals surface area contributed by atoms with Crippen LogP contribution in [0.25, 0.3) is 0 Å². The second kappa shape index (κ2) is 5.48. The van der Waals surface area contributed by atoms with Gasteiger partial charge in [-0.2, -0.15) is 0 Å². The highest BCUT2D eigenvalue weighted by atomic mass is 35.5. The smallest absolute Gasteiger partial charge is 0.0896 e. The van der Waals surface area contributed by atoms with Gasteiger partial charge in [0, 0.05) is 6.20 Å². The van der Waals surface area contributed by atoms with Crippen molar-refractivity contribution in [3.8, 4) is 0 Å². The lowest BCUT2D eigenvalue weighted by Crippen LogP contribution is -2.29. The number of nitrogens with zero attached hydrogens (tertiary/aromatic N) is 1. The third kappa shape index (κ3) is 2.70. The fourth-order valence-corrected chi connectivity index (χ4v) is 2.35. The Balaban J connectivity index is 2.48. The quantitative estimate of drug-likeness (QED) is 0.660. The van der Waals surface area contributed by atoms with Crippen LogP contribution in [0.15, 0.2) is 36.5 Å². The topological polar surface area (TPSA) is 50.9 Å². The van der Waals surface area contributed by atoms with Gasteiger partial charge in [-0.15, -0.1) is 0 Å². The lowest BCUT2D eigenvalue weighted by atomic mass is 9.99. The standard InChI is InChI=1S/C14H16ClN3/c1-9-6-10(2)8-11(7-9)13(18-16)14-12(15)4-3-5-17-14/h3-8,13,18H,16H2,1-2H3. The molecular formula is C14H16ClN3. The van der Waals surface area contributed by atoms with E-state index in [1.54, 1.807) is 12.3 Å². The number of pyridine rings is 1.